The van der Waals surface area contributed by atoms with E-state index < -0.39 is 0 Å². The van der Waals surface area contributed by atoms with Crippen molar-refractivity contribution in [3.8, 4) is 11.8 Å². The SMILES string of the molecule is CC(=O)SCCC#Cc1ccc2c(C=O)c[nH]c2c1. The standard InChI is InChI=1S/C15H13NO2S/c1-11(18)19-7-3-2-4-12-5-6-14-13(10-17)9-16-15(14)8-12/h5-6,8-10,16H,3,7H2,1H3. The summed E-state index contributed by atoms with van der Waals surface area (Å²) in [5.74, 6) is 6.82. The van der Waals surface area contributed by atoms with Gasteiger partial charge >= 0.3 is 0 Å². The molecule has 0 aliphatic carbocycles. The molecule has 0 atom stereocenters. The van der Waals surface area contributed by atoms with E-state index in [1.807, 2.05) is 18.2 Å². The second kappa shape index (κ2) is 6.26. The first-order chi connectivity index (χ1) is 9.20. The van der Waals surface area contributed by atoms with Gasteiger partial charge in [0.25, 0.3) is 0 Å². The Labute approximate surface area is 115 Å². The maximum atomic E-state index is 10.8. The molecule has 0 aliphatic rings. The third-order valence-electron chi connectivity index (χ3n) is 2.61. The van der Waals surface area contributed by atoms with Crippen molar-refractivity contribution < 1.29 is 9.59 Å². The monoisotopic (exact) mass is 271 g/mol. The number of hydrogen-bond acceptors (Lipinski definition) is 3. The highest BCUT2D eigenvalue weighted by molar-refractivity contribution is 8.13. The molecule has 0 radical (unpaired) electrons. The fourth-order valence-corrected chi connectivity index (χ4v) is 2.23. The van der Waals surface area contributed by atoms with Crippen LogP contribution in [0.3, 0.4) is 0 Å². The van der Waals surface area contributed by atoms with Crippen molar-refractivity contribution in [2.45, 2.75) is 13.3 Å². The topological polar surface area (TPSA) is 49.9 Å². The van der Waals surface area contributed by atoms with Crippen LogP contribution in [0.2, 0.25) is 0 Å². The minimum Gasteiger partial charge on any atom is -0.360 e. The predicted octanol–water partition coefficient (Wildman–Crippen LogP) is 3.00. The summed E-state index contributed by atoms with van der Waals surface area (Å²) in [5.41, 5.74) is 2.47. The van der Waals surface area contributed by atoms with Gasteiger partial charge in [-0.3, -0.25) is 9.59 Å². The molecule has 0 spiro atoms. The number of hydrogen-bond donors (Lipinski definition) is 1. The average Bonchev–Trinajstić information content (AvgIpc) is 2.80. The number of rotatable bonds is 3. The van der Waals surface area contributed by atoms with Gasteiger partial charge in [-0.15, -0.1) is 0 Å². The third-order valence-corrected chi connectivity index (χ3v) is 3.42. The number of nitrogens with one attached hydrogen (secondary N) is 1. The van der Waals surface area contributed by atoms with Gasteiger partial charge in [0, 0.05) is 47.3 Å². The molecule has 1 aromatic heterocycles. The molecule has 1 heterocycles. The van der Waals surface area contributed by atoms with Crippen molar-refractivity contribution in [1.82, 2.24) is 4.98 Å². The lowest BCUT2D eigenvalue weighted by Crippen LogP contribution is -1.84. The normalized spacial score (nSPS) is 9.95. The summed E-state index contributed by atoms with van der Waals surface area (Å²) in [5, 5.41) is 1.03. The summed E-state index contributed by atoms with van der Waals surface area (Å²) >= 11 is 1.29. The van der Waals surface area contributed by atoms with Crippen LogP contribution in [0.25, 0.3) is 10.9 Å². The lowest BCUT2D eigenvalue weighted by atomic mass is 10.1. The van der Waals surface area contributed by atoms with Crippen molar-refractivity contribution in [3.05, 3.63) is 35.5 Å². The van der Waals surface area contributed by atoms with Gasteiger partial charge in [-0.1, -0.05) is 29.7 Å². The van der Waals surface area contributed by atoms with Crippen LogP contribution in [0, 0.1) is 11.8 Å². The van der Waals surface area contributed by atoms with Crippen LogP contribution in [0.4, 0.5) is 0 Å². The van der Waals surface area contributed by atoms with Gasteiger partial charge in [-0.05, 0) is 12.1 Å². The molecule has 0 bridgehead atoms. The number of carbonyl (C=O) groups is 2. The van der Waals surface area contributed by atoms with Gasteiger partial charge in [-0.25, -0.2) is 0 Å². The molecule has 96 valence electrons. The second-order valence-electron chi connectivity index (χ2n) is 4.01. The zero-order valence-electron chi connectivity index (χ0n) is 10.5. The van der Waals surface area contributed by atoms with Gasteiger partial charge in [0.05, 0.1) is 0 Å². The van der Waals surface area contributed by atoms with Crippen molar-refractivity contribution in [2.75, 3.05) is 5.75 Å². The minimum atomic E-state index is 0.121. The molecule has 2 aromatic rings. The minimum absolute atomic E-state index is 0.121. The molecule has 0 amide bonds. The van der Waals surface area contributed by atoms with E-state index in [4.69, 9.17) is 0 Å². The summed E-state index contributed by atoms with van der Waals surface area (Å²) in [4.78, 5) is 24.6. The Morgan fingerprint density at radius 1 is 1.47 bits per heavy atom. The highest BCUT2D eigenvalue weighted by atomic mass is 32.2. The first-order valence-corrected chi connectivity index (χ1v) is 6.88. The van der Waals surface area contributed by atoms with Crippen molar-refractivity contribution in [2.24, 2.45) is 0 Å². The molecule has 3 nitrogen and oxygen atoms in total. The highest BCUT2D eigenvalue weighted by Crippen LogP contribution is 2.17. The second-order valence-corrected chi connectivity index (χ2v) is 5.29. The third kappa shape index (κ3) is 3.49. The first-order valence-electron chi connectivity index (χ1n) is 5.89. The van der Waals surface area contributed by atoms with Gasteiger partial charge in [0.2, 0.25) is 0 Å². The first kappa shape index (κ1) is 13.4. The molecule has 0 fully saturated rings. The molecule has 1 aromatic carbocycles. The average molecular weight is 271 g/mol. The summed E-state index contributed by atoms with van der Waals surface area (Å²) in [6.07, 6.45) is 3.22. The molecule has 0 aliphatic heterocycles. The molecule has 0 saturated carbocycles. The van der Waals surface area contributed by atoms with E-state index >= 15 is 0 Å². The number of fused-ring (bicyclic) bond motifs is 1. The predicted molar refractivity (Wildman–Crippen MR) is 78.3 cm³/mol. The van der Waals surface area contributed by atoms with E-state index in [0.29, 0.717) is 12.0 Å². The molecule has 0 saturated heterocycles. The number of aldehydes is 1. The van der Waals surface area contributed by atoms with Crippen LogP contribution in [-0.4, -0.2) is 22.1 Å². The van der Waals surface area contributed by atoms with Crippen LogP contribution in [-0.2, 0) is 4.79 Å². The molecule has 2 rings (SSSR count). The Bertz CT molecular complexity index is 676. The van der Waals surface area contributed by atoms with Crippen molar-refractivity contribution in [3.63, 3.8) is 0 Å². The maximum absolute atomic E-state index is 10.8. The number of aromatic nitrogens is 1. The Balaban J connectivity index is 2.07. The number of H-pyrrole nitrogens is 1. The van der Waals surface area contributed by atoms with Crippen LogP contribution < -0.4 is 0 Å². The zero-order valence-corrected chi connectivity index (χ0v) is 11.3. The fourth-order valence-electron chi connectivity index (χ4n) is 1.73. The molecule has 19 heavy (non-hydrogen) atoms. The summed E-state index contributed by atoms with van der Waals surface area (Å²) in [6, 6.07) is 5.71. The number of benzene rings is 1. The van der Waals surface area contributed by atoms with E-state index in [1.54, 1.807) is 13.1 Å². The van der Waals surface area contributed by atoms with E-state index in [2.05, 4.69) is 16.8 Å². The molecule has 1 N–H and O–H groups in total. The summed E-state index contributed by atoms with van der Waals surface area (Å²) in [7, 11) is 0. The number of aromatic amines is 1. The van der Waals surface area contributed by atoms with E-state index in [1.165, 1.54) is 11.8 Å². The van der Waals surface area contributed by atoms with Gasteiger partial charge in [-0.2, -0.15) is 0 Å². The smallest absolute Gasteiger partial charge is 0.185 e. The zero-order chi connectivity index (χ0) is 13.7. The van der Waals surface area contributed by atoms with Crippen LogP contribution in [0.1, 0.15) is 29.3 Å². The van der Waals surface area contributed by atoms with Gasteiger partial charge < -0.3 is 4.98 Å². The largest absolute Gasteiger partial charge is 0.360 e. The fraction of sp³-hybridized carbons (Fsp3) is 0.200. The van der Waals surface area contributed by atoms with E-state index in [-0.39, 0.29) is 5.12 Å². The quantitative estimate of drug-likeness (QED) is 0.530. The molecular weight excluding hydrogens is 258 g/mol. The van der Waals surface area contributed by atoms with Crippen LogP contribution in [0.15, 0.2) is 24.4 Å². The van der Waals surface area contributed by atoms with Crippen molar-refractivity contribution in [1.29, 1.82) is 0 Å². The summed E-state index contributed by atoms with van der Waals surface area (Å²) in [6.45, 7) is 1.56. The highest BCUT2D eigenvalue weighted by Gasteiger charge is 2.02. The number of carbonyl (C=O) groups excluding carboxylic acids is 2. The van der Waals surface area contributed by atoms with Gasteiger partial charge in [0.1, 0.15) is 0 Å². The van der Waals surface area contributed by atoms with Crippen LogP contribution in [0.5, 0.6) is 0 Å². The van der Waals surface area contributed by atoms with Crippen molar-refractivity contribution >= 4 is 34.1 Å². The molecule has 4 heteroatoms. The Morgan fingerprint density at radius 2 is 2.32 bits per heavy atom. The lowest BCUT2D eigenvalue weighted by Gasteiger charge is -1.93. The lowest BCUT2D eigenvalue weighted by molar-refractivity contribution is -0.109. The Morgan fingerprint density at radius 3 is 3.05 bits per heavy atom. The molecular formula is C15H13NO2S. The summed E-state index contributed by atoms with van der Waals surface area (Å²) < 4.78 is 0. The van der Waals surface area contributed by atoms with E-state index in [0.717, 1.165) is 28.5 Å². The maximum Gasteiger partial charge on any atom is 0.185 e. The van der Waals surface area contributed by atoms with E-state index in [9.17, 15) is 9.59 Å². The molecule has 0 unspecified atom stereocenters. The Hall–Kier alpha value is -1.99. The number of thioether (sulfide) groups is 1. The van der Waals surface area contributed by atoms with Gasteiger partial charge in [0.15, 0.2) is 11.4 Å². The van der Waals surface area contributed by atoms with Crippen LogP contribution >= 0.6 is 11.8 Å². The Kier molecular flexibility index (Phi) is 4.43.